The number of benzene rings is 1. The van der Waals surface area contributed by atoms with Crippen LogP contribution >= 0.6 is 0 Å². The molecule has 4 rings (SSSR count). The number of amides is 1. The number of hydrogen-bond donors (Lipinski definition) is 0. The van der Waals surface area contributed by atoms with E-state index in [4.69, 9.17) is 9.72 Å². The van der Waals surface area contributed by atoms with Gasteiger partial charge in [-0.2, -0.15) is 0 Å². The Balaban J connectivity index is 1.46. The normalized spacial score (nSPS) is 20.4. The number of hydrogen-bond acceptors (Lipinski definition) is 3. The number of likely N-dealkylation sites (tertiary alicyclic amines) is 1. The maximum Gasteiger partial charge on any atom is 0.227 e. The van der Waals surface area contributed by atoms with Gasteiger partial charge in [0.15, 0.2) is 0 Å². The van der Waals surface area contributed by atoms with Gasteiger partial charge in [0.2, 0.25) is 5.91 Å². The molecule has 1 aromatic heterocycles. The molecule has 2 aromatic rings. The van der Waals surface area contributed by atoms with Crippen LogP contribution in [0.25, 0.3) is 0 Å². The number of methoxy groups -OCH3 is 1. The minimum atomic E-state index is 0.205. The lowest BCUT2D eigenvalue weighted by Crippen LogP contribution is -2.42. The predicted molar refractivity (Wildman–Crippen MR) is 105 cm³/mol. The Morgan fingerprint density at radius 1 is 1.26 bits per heavy atom. The van der Waals surface area contributed by atoms with Crippen LogP contribution in [0, 0.1) is 6.92 Å². The molecule has 1 aliphatic heterocycles. The van der Waals surface area contributed by atoms with Gasteiger partial charge in [-0.3, -0.25) is 4.79 Å². The Morgan fingerprint density at radius 2 is 2.11 bits per heavy atom. The van der Waals surface area contributed by atoms with Crippen LogP contribution in [0.2, 0.25) is 0 Å². The minimum absolute atomic E-state index is 0.205. The average Bonchev–Trinajstić information content (AvgIpc) is 3.01. The molecule has 5 nitrogen and oxygen atoms in total. The van der Waals surface area contributed by atoms with Crippen molar-refractivity contribution >= 4 is 5.91 Å². The van der Waals surface area contributed by atoms with Crippen LogP contribution in [0.5, 0.6) is 5.75 Å². The summed E-state index contributed by atoms with van der Waals surface area (Å²) in [5.74, 6) is 2.86. The third-order valence-electron chi connectivity index (χ3n) is 6.08. The highest BCUT2D eigenvalue weighted by Crippen LogP contribution is 2.38. The van der Waals surface area contributed by atoms with Gasteiger partial charge in [-0.1, -0.05) is 18.6 Å². The van der Waals surface area contributed by atoms with E-state index in [1.807, 2.05) is 35.4 Å². The Kier molecular flexibility index (Phi) is 5.19. The van der Waals surface area contributed by atoms with Gasteiger partial charge in [0.1, 0.15) is 11.6 Å². The summed E-state index contributed by atoms with van der Waals surface area (Å²) in [5.41, 5.74) is 2.24. The molecule has 0 radical (unpaired) electrons. The topological polar surface area (TPSA) is 47.4 Å². The molecule has 2 fully saturated rings. The van der Waals surface area contributed by atoms with Crippen LogP contribution < -0.4 is 4.74 Å². The lowest BCUT2D eigenvalue weighted by Gasteiger charge is -2.36. The number of rotatable bonds is 5. The number of carbonyl (C=O) groups excluding carboxylic acids is 1. The molecule has 1 unspecified atom stereocenters. The highest BCUT2D eigenvalue weighted by Gasteiger charge is 2.31. The molecule has 27 heavy (non-hydrogen) atoms. The van der Waals surface area contributed by atoms with Crippen molar-refractivity contribution in [1.29, 1.82) is 0 Å². The van der Waals surface area contributed by atoms with E-state index in [-0.39, 0.29) is 5.91 Å². The molecule has 0 bridgehead atoms. The molecule has 2 heterocycles. The SMILES string of the molecule is COc1cccc(CC(=O)N2CCCC(n3c(C)cnc3C3CCC3)C2)c1. The van der Waals surface area contributed by atoms with Crippen molar-refractivity contribution in [2.45, 2.75) is 57.4 Å². The summed E-state index contributed by atoms with van der Waals surface area (Å²) in [6.45, 7) is 3.79. The first-order chi connectivity index (χ1) is 13.2. The maximum atomic E-state index is 12.9. The quantitative estimate of drug-likeness (QED) is 0.806. The summed E-state index contributed by atoms with van der Waals surface area (Å²) in [6.07, 6.45) is 8.43. The van der Waals surface area contributed by atoms with E-state index in [9.17, 15) is 4.79 Å². The fraction of sp³-hybridized carbons (Fsp3) is 0.545. The van der Waals surface area contributed by atoms with Gasteiger partial charge in [0, 0.05) is 30.9 Å². The first-order valence-corrected chi connectivity index (χ1v) is 10.1. The lowest BCUT2D eigenvalue weighted by atomic mass is 9.84. The summed E-state index contributed by atoms with van der Waals surface area (Å²) in [6, 6.07) is 8.16. The first-order valence-electron chi connectivity index (χ1n) is 10.1. The van der Waals surface area contributed by atoms with Gasteiger partial charge in [0.25, 0.3) is 0 Å². The predicted octanol–water partition coefficient (Wildman–Crippen LogP) is 3.87. The number of carbonyl (C=O) groups is 1. The third kappa shape index (κ3) is 3.73. The molecule has 144 valence electrons. The van der Waals surface area contributed by atoms with Crippen molar-refractivity contribution in [1.82, 2.24) is 14.5 Å². The van der Waals surface area contributed by atoms with E-state index in [0.29, 0.717) is 18.4 Å². The summed E-state index contributed by atoms with van der Waals surface area (Å²) in [7, 11) is 1.66. The zero-order valence-electron chi connectivity index (χ0n) is 16.4. The van der Waals surface area contributed by atoms with Crippen molar-refractivity contribution in [3.8, 4) is 5.75 Å². The standard InChI is InChI=1S/C22H29N3O2/c1-16-14-23-22(18-7-4-8-18)25(16)19-9-5-11-24(15-19)21(26)13-17-6-3-10-20(12-17)27-2/h3,6,10,12,14,18-19H,4-5,7-9,11,13,15H2,1-2H3. The van der Waals surface area contributed by atoms with Crippen LogP contribution in [0.3, 0.4) is 0 Å². The molecule has 2 aliphatic rings. The number of ether oxygens (including phenoxy) is 1. The molecular weight excluding hydrogens is 338 g/mol. The molecule has 1 aliphatic carbocycles. The molecule has 1 atom stereocenters. The number of aryl methyl sites for hydroxylation is 1. The fourth-order valence-corrected chi connectivity index (χ4v) is 4.37. The van der Waals surface area contributed by atoms with Crippen molar-refractivity contribution in [3.05, 3.63) is 47.5 Å². The number of nitrogens with zero attached hydrogens (tertiary/aromatic N) is 3. The van der Waals surface area contributed by atoms with Crippen molar-refractivity contribution in [2.24, 2.45) is 0 Å². The van der Waals surface area contributed by atoms with Gasteiger partial charge >= 0.3 is 0 Å². The van der Waals surface area contributed by atoms with Crippen molar-refractivity contribution in [2.75, 3.05) is 20.2 Å². The summed E-state index contributed by atoms with van der Waals surface area (Å²) in [4.78, 5) is 19.7. The second-order valence-electron chi connectivity index (χ2n) is 7.92. The number of aromatic nitrogens is 2. The van der Waals surface area contributed by atoms with E-state index in [1.165, 1.54) is 30.8 Å². The second kappa shape index (κ2) is 7.75. The fourth-order valence-electron chi connectivity index (χ4n) is 4.37. The van der Waals surface area contributed by atoms with Gasteiger partial charge in [0.05, 0.1) is 19.6 Å². The van der Waals surface area contributed by atoms with E-state index in [1.54, 1.807) is 7.11 Å². The zero-order valence-corrected chi connectivity index (χ0v) is 16.4. The van der Waals surface area contributed by atoms with Crippen LogP contribution in [0.15, 0.2) is 30.5 Å². The summed E-state index contributed by atoms with van der Waals surface area (Å²) >= 11 is 0. The smallest absolute Gasteiger partial charge is 0.227 e. The van der Waals surface area contributed by atoms with Crippen LogP contribution in [0.4, 0.5) is 0 Å². The van der Waals surface area contributed by atoms with E-state index in [0.717, 1.165) is 37.2 Å². The average molecular weight is 367 g/mol. The molecule has 1 aromatic carbocycles. The van der Waals surface area contributed by atoms with Crippen LogP contribution in [0.1, 0.15) is 61.1 Å². The van der Waals surface area contributed by atoms with Crippen molar-refractivity contribution in [3.63, 3.8) is 0 Å². The van der Waals surface area contributed by atoms with Crippen LogP contribution in [-0.2, 0) is 11.2 Å². The molecule has 5 heteroatoms. The second-order valence-corrected chi connectivity index (χ2v) is 7.92. The number of imidazole rings is 1. The minimum Gasteiger partial charge on any atom is -0.497 e. The third-order valence-corrected chi connectivity index (χ3v) is 6.08. The van der Waals surface area contributed by atoms with Gasteiger partial charge in [-0.25, -0.2) is 4.98 Å². The Bertz CT molecular complexity index is 810. The van der Waals surface area contributed by atoms with Crippen LogP contribution in [-0.4, -0.2) is 40.6 Å². The molecule has 0 N–H and O–H groups in total. The van der Waals surface area contributed by atoms with Gasteiger partial charge < -0.3 is 14.2 Å². The Morgan fingerprint density at radius 3 is 2.85 bits per heavy atom. The molecule has 1 saturated heterocycles. The van der Waals surface area contributed by atoms with E-state index in [2.05, 4.69) is 11.5 Å². The van der Waals surface area contributed by atoms with E-state index < -0.39 is 0 Å². The highest BCUT2D eigenvalue weighted by atomic mass is 16.5. The Labute approximate surface area is 161 Å². The largest absolute Gasteiger partial charge is 0.497 e. The maximum absolute atomic E-state index is 12.9. The van der Waals surface area contributed by atoms with Crippen molar-refractivity contribution < 1.29 is 9.53 Å². The number of piperidine rings is 1. The summed E-state index contributed by atoms with van der Waals surface area (Å²) < 4.78 is 7.70. The van der Waals surface area contributed by atoms with Gasteiger partial charge in [-0.05, 0) is 50.3 Å². The van der Waals surface area contributed by atoms with E-state index >= 15 is 0 Å². The summed E-state index contributed by atoms with van der Waals surface area (Å²) in [5, 5.41) is 0. The monoisotopic (exact) mass is 367 g/mol. The molecule has 1 saturated carbocycles. The molecular formula is C22H29N3O2. The Hall–Kier alpha value is -2.30. The highest BCUT2D eigenvalue weighted by molar-refractivity contribution is 5.79. The van der Waals surface area contributed by atoms with Gasteiger partial charge in [-0.15, -0.1) is 0 Å². The zero-order chi connectivity index (χ0) is 18.8. The molecule has 0 spiro atoms. The first kappa shape index (κ1) is 18.1. The lowest BCUT2D eigenvalue weighted by molar-refractivity contribution is -0.132. The molecule has 1 amide bonds.